The molecule has 5 nitrogen and oxygen atoms in total. The first-order valence-electron chi connectivity index (χ1n) is 8.83. The molecule has 1 saturated heterocycles. The Bertz CT molecular complexity index is 799. The first kappa shape index (κ1) is 18.0. The van der Waals surface area contributed by atoms with Crippen molar-refractivity contribution in [2.45, 2.75) is 26.2 Å². The fourth-order valence-electron chi connectivity index (χ4n) is 3.11. The average Bonchev–Trinajstić information content (AvgIpc) is 3.04. The van der Waals surface area contributed by atoms with Crippen LogP contribution in [0.3, 0.4) is 0 Å². The molecule has 1 fully saturated rings. The van der Waals surface area contributed by atoms with Crippen molar-refractivity contribution >= 4 is 23.2 Å². The van der Waals surface area contributed by atoms with Crippen molar-refractivity contribution in [3.05, 3.63) is 54.1 Å². The normalized spacial score (nSPS) is 16.8. The van der Waals surface area contributed by atoms with Crippen molar-refractivity contribution in [2.24, 2.45) is 5.92 Å². The Labute approximate surface area is 154 Å². The molecule has 136 valence electrons. The summed E-state index contributed by atoms with van der Waals surface area (Å²) in [5.41, 5.74) is 2.74. The fourth-order valence-corrected chi connectivity index (χ4v) is 3.11. The van der Waals surface area contributed by atoms with E-state index >= 15 is 0 Å². The van der Waals surface area contributed by atoms with Crippen LogP contribution in [0, 0.1) is 5.92 Å². The van der Waals surface area contributed by atoms with E-state index in [1.807, 2.05) is 48.5 Å². The number of hydrogen-bond donors (Lipinski definition) is 1. The Morgan fingerprint density at radius 2 is 1.92 bits per heavy atom. The van der Waals surface area contributed by atoms with Gasteiger partial charge in [-0.3, -0.25) is 9.59 Å². The zero-order valence-electron chi connectivity index (χ0n) is 15.4. The van der Waals surface area contributed by atoms with Gasteiger partial charge >= 0.3 is 0 Å². The van der Waals surface area contributed by atoms with Crippen LogP contribution in [0.1, 0.15) is 31.7 Å². The number of nitrogens with zero attached hydrogens (tertiary/aromatic N) is 1. The second kappa shape index (κ2) is 7.60. The summed E-state index contributed by atoms with van der Waals surface area (Å²) in [5, 5.41) is 2.92. The van der Waals surface area contributed by atoms with Gasteiger partial charge in [-0.05, 0) is 35.7 Å². The quantitative estimate of drug-likeness (QED) is 0.890. The van der Waals surface area contributed by atoms with Gasteiger partial charge in [0.1, 0.15) is 5.75 Å². The second-order valence-corrected chi connectivity index (χ2v) is 6.87. The molecular weight excluding hydrogens is 328 g/mol. The number of carbonyl (C=O) groups excluding carboxylic acids is 2. The molecule has 1 aliphatic heterocycles. The molecule has 1 atom stereocenters. The van der Waals surface area contributed by atoms with E-state index in [0.29, 0.717) is 18.2 Å². The van der Waals surface area contributed by atoms with Gasteiger partial charge in [-0.25, -0.2) is 0 Å². The Hall–Kier alpha value is -2.82. The summed E-state index contributed by atoms with van der Waals surface area (Å²) < 4.78 is 5.21. The molecule has 5 heteroatoms. The van der Waals surface area contributed by atoms with Crippen molar-refractivity contribution in [1.82, 2.24) is 0 Å². The van der Waals surface area contributed by atoms with E-state index < -0.39 is 0 Å². The maximum absolute atomic E-state index is 12.6. The van der Waals surface area contributed by atoms with E-state index in [9.17, 15) is 9.59 Å². The molecule has 1 heterocycles. The van der Waals surface area contributed by atoms with Crippen molar-refractivity contribution < 1.29 is 14.3 Å². The number of ether oxygens (including phenoxy) is 1. The maximum atomic E-state index is 12.6. The number of anilines is 2. The number of rotatable bonds is 5. The molecule has 2 aromatic carbocycles. The minimum absolute atomic E-state index is 0.0476. The molecule has 1 N–H and O–H groups in total. The summed E-state index contributed by atoms with van der Waals surface area (Å²) in [6.07, 6.45) is 0.215. The molecule has 0 saturated carbocycles. The van der Waals surface area contributed by atoms with Gasteiger partial charge in [-0.15, -0.1) is 0 Å². The third-order valence-electron chi connectivity index (χ3n) is 4.71. The van der Waals surface area contributed by atoms with Gasteiger partial charge in [0, 0.05) is 30.4 Å². The van der Waals surface area contributed by atoms with Crippen LogP contribution in [-0.2, 0) is 9.59 Å². The zero-order chi connectivity index (χ0) is 18.7. The summed E-state index contributed by atoms with van der Waals surface area (Å²) in [5.74, 6) is 0.602. The molecule has 1 aliphatic rings. The Morgan fingerprint density at radius 1 is 1.19 bits per heavy atom. The topological polar surface area (TPSA) is 58.6 Å². The van der Waals surface area contributed by atoms with E-state index in [-0.39, 0.29) is 24.2 Å². The molecular formula is C21H24N2O3. The summed E-state index contributed by atoms with van der Waals surface area (Å²) >= 11 is 0. The van der Waals surface area contributed by atoms with Crippen LogP contribution in [0.25, 0.3) is 0 Å². The fraction of sp³-hybridized carbons (Fsp3) is 0.333. The molecule has 0 radical (unpaired) electrons. The van der Waals surface area contributed by atoms with Gasteiger partial charge in [-0.2, -0.15) is 0 Å². The third kappa shape index (κ3) is 3.87. The molecule has 0 aromatic heterocycles. The smallest absolute Gasteiger partial charge is 0.229 e. The van der Waals surface area contributed by atoms with Gasteiger partial charge in [-0.1, -0.05) is 32.0 Å². The van der Waals surface area contributed by atoms with Gasteiger partial charge in [0.05, 0.1) is 13.0 Å². The zero-order valence-corrected chi connectivity index (χ0v) is 15.4. The highest BCUT2D eigenvalue weighted by molar-refractivity contribution is 6.03. The van der Waals surface area contributed by atoms with E-state index in [4.69, 9.17) is 4.74 Å². The molecule has 3 rings (SSSR count). The molecule has 2 aromatic rings. The van der Waals surface area contributed by atoms with E-state index in [1.165, 1.54) is 5.56 Å². The highest BCUT2D eigenvalue weighted by atomic mass is 16.5. The number of hydrogen-bond acceptors (Lipinski definition) is 3. The largest absolute Gasteiger partial charge is 0.497 e. The summed E-state index contributed by atoms with van der Waals surface area (Å²) in [6.45, 7) is 4.64. The van der Waals surface area contributed by atoms with Crippen LogP contribution in [0.2, 0.25) is 0 Å². The van der Waals surface area contributed by atoms with E-state index in [2.05, 4.69) is 19.2 Å². The molecule has 0 aliphatic carbocycles. The third-order valence-corrected chi connectivity index (χ3v) is 4.71. The lowest BCUT2D eigenvalue weighted by molar-refractivity contribution is -0.122. The highest BCUT2D eigenvalue weighted by Gasteiger charge is 2.35. The second-order valence-electron chi connectivity index (χ2n) is 6.87. The van der Waals surface area contributed by atoms with Gasteiger partial charge in [0.25, 0.3) is 0 Å². The number of benzene rings is 2. The van der Waals surface area contributed by atoms with Crippen molar-refractivity contribution in [3.63, 3.8) is 0 Å². The maximum Gasteiger partial charge on any atom is 0.229 e. The Balaban J connectivity index is 1.66. The predicted molar refractivity (Wildman–Crippen MR) is 103 cm³/mol. The summed E-state index contributed by atoms with van der Waals surface area (Å²) in [6, 6.07) is 15.2. The minimum atomic E-state index is -0.363. The van der Waals surface area contributed by atoms with Crippen molar-refractivity contribution in [2.75, 3.05) is 23.9 Å². The summed E-state index contributed by atoms with van der Waals surface area (Å²) in [7, 11) is 1.59. The van der Waals surface area contributed by atoms with Gasteiger partial charge < -0.3 is 15.0 Å². The predicted octanol–water partition coefficient (Wildman–Crippen LogP) is 3.81. The first-order chi connectivity index (χ1) is 12.5. The lowest BCUT2D eigenvalue weighted by atomic mass is 10.0. The van der Waals surface area contributed by atoms with Crippen LogP contribution < -0.4 is 15.0 Å². The molecule has 2 amide bonds. The van der Waals surface area contributed by atoms with Crippen LogP contribution in [-0.4, -0.2) is 25.5 Å². The molecule has 26 heavy (non-hydrogen) atoms. The van der Waals surface area contributed by atoms with Gasteiger partial charge in [0.2, 0.25) is 11.8 Å². The lowest BCUT2D eigenvalue weighted by Crippen LogP contribution is -2.28. The number of amides is 2. The van der Waals surface area contributed by atoms with Crippen LogP contribution in [0.4, 0.5) is 11.4 Å². The standard InChI is InChI=1S/C21H24N2O3/c1-14(2)15-7-9-17(10-8-15)22-21(25)16-11-20(24)23(13-16)18-5-4-6-19(12-18)26-3/h4-10,12,14,16H,11,13H2,1-3H3,(H,22,25)/t16-/m0/s1. The van der Waals surface area contributed by atoms with Crippen LogP contribution >= 0.6 is 0 Å². The van der Waals surface area contributed by atoms with Gasteiger partial charge in [0.15, 0.2) is 0 Å². The molecule has 0 spiro atoms. The first-order valence-corrected chi connectivity index (χ1v) is 8.83. The SMILES string of the molecule is COc1cccc(N2C[C@@H](C(=O)Nc3ccc(C(C)C)cc3)CC2=O)c1. The average molecular weight is 352 g/mol. The Morgan fingerprint density at radius 3 is 2.58 bits per heavy atom. The number of carbonyl (C=O) groups is 2. The van der Waals surface area contributed by atoms with Crippen molar-refractivity contribution in [3.8, 4) is 5.75 Å². The molecule has 0 unspecified atom stereocenters. The highest BCUT2D eigenvalue weighted by Crippen LogP contribution is 2.28. The number of nitrogens with one attached hydrogen (secondary N) is 1. The van der Waals surface area contributed by atoms with E-state index in [0.717, 1.165) is 11.4 Å². The monoisotopic (exact) mass is 352 g/mol. The Kier molecular flexibility index (Phi) is 5.26. The van der Waals surface area contributed by atoms with Crippen LogP contribution in [0.15, 0.2) is 48.5 Å². The number of methoxy groups -OCH3 is 1. The minimum Gasteiger partial charge on any atom is -0.497 e. The van der Waals surface area contributed by atoms with Crippen LogP contribution in [0.5, 0.6) is 5.75 Å². The van der Waals surface area contributed by atoms with E-state index in [1.54, 1.807) is 12.0 Å². The van der Waals surface area contributed by atoms with Crippen molar-refractivity contribution in [1.29, 1.82) is 0 Å². The summed E-state index contributed by atoms with van der Waals surface area (Å²) in [4.78, 5) is 26.6. The molecule has 0 bridgehead atoms. The lowest BCUT2D eigenvalue weighted by Gasteiger charge is -2.17.